The second-order valence-corrected chi connectivity index (χ2v) is 3.54. The highest BCUT2D eigenvalue weighted by atomic mass is 16.5. The van der Waals surface area contributed by atoms with Crippen LogP contribution >= 0.6 is 0 Å². The quantitative estimate of drug-likeness (QED) is 0.836. The van der Waals surface area contributed by atoms with Gasteiger partial charge in [0.25, 0.3) is 0 Å². The molecule has 6 heteroatoms. The minimum Gasteiger partial charge on any atom is -0.496 e. The van der Waals surface area contributed by atoms with Gasteiger partial charge in [0.15, 0.2) is 0 Å². The Kier molecular flexibility index (Phi) is 3.92. The number of rotatable bonds is 3. The van der Waals surface area contributed by atoms with Gasteiger partial charge in [0, 0.05) is 25.8 Å². The summed E-state index contributed by atoms with van der Waals surface area (Å²) in [6.45, 7) is 0. The van der Waals surface area contributed by atoms with Gasteiger partial charge in [-0.05, 0) is 12.1 Å². The second-order valence-electron chi connectivity index (χ2n) is 3.54. The number of amides is 2. The molecule has 17 heavy (non-hydrogen) atoms. The smallest absolute Gasteiger partial charge is 0.339 e. The van der Waals surface area contributed by atoms with Crippen LogP contribution in [-0.2, 0) is 0 Å². The van der Waals surface area contributed by atoms with Crippen molar-refractivity contribution in [3.63, 3.8) is 0 Å². The van der Waals surface area contributed by atoms with E-state index < -0.39 is 5.97 Å². The average Bonchev–Trinajstić information content (AvgIpc) is 2.28. The van der Waals surface area contributed by atoms with Crippen molar-refractivity contribution in [2.45, 2.75) is 0 Å². The van der Waals surface area contributed by atoms with Gasteiger partial charge < -0.3 is 20.1 Å². The number of anilines is 1. The maximum absolute atomic E-state index is 11.4. The Morgan fingerprint density at radius 3 is 2.47 bits per heavy atom. The van der Waals surface area contributed by atoms with E-state index in [0.717, 1.165) is 0 Å². The maximum atomic E-state index is 11.4. The lowest BCUT2D eigenvalue weighted by atomic mass is 10.2. The second kappa shape index (κ2) is 5.20. The van der Waals surface area contributed by atoms with Gasteiger partial charge in [-0.25, -0.2) is 9.59 Å². The molecule has 0 saturated carbocycles. The Balaban J connectivity index is 2.98. The van der Waals surface area contributed by atoms with Crippen LogP contribution < -0.4 is 10.1 Å². The molecule has 1 aromatic carbocycles. The van der Waals surface area contributed by atoms with Crippen molar-refractivity contribution in [1.82, 2.24) is 4.90 Å². The topological polar surface area (TPSA) is 78.9 Å². The Hall–Kier alpha value is -2.24. The van der Waals surface area contributed by atoms with Gasteiger partial charge in [0.05, 0.1) is 7.11 Å². The van der Waals surface area contributed by atoms with Gasteiger partial charge in [-0.3, -0.25) is 0 Å². The standard InChI is InChI=1S/C11H14N2O4/c1-13(2)11(16)12-7-4-5-8(10(14)15)9(6-7)17-3/h4-6H,1-3H3,(H,12,16)(H,14,15). The molecule has 0 fully saturated rings. The van der Waals surface area contributed by atoms with E-state index in [1.807, 2.05) is 0 Å². The first-order chi connectivity index (χ1) is 7.95. The summed E-state index contributed by atoms with van der Waals surface area (Å²) in [5.74, 6) is -0.874. The Morgan fingerprint density at radius 2 is 2.00 bits per heavy atom. The minimum atomic E-state index is -1.08. The van der Waals surface area contributed by atoms with Gasteiger partial charge in [-0.15, -0.1) is 0 Å². The van der Waals surface area contributed by atoms with E-state index in [-0.39, 0.29) is 17.3 Å². The number of nitrogens with zero attached hydrogens (tertiary/aromatic N) is 1. The number of benzene rings is 1. The van der Waals surface area contributed by atoms with E-state index >= 15 is 0 Å². The molecule has 1 aromatic rings. The highest BCUT2D eigenvalue weighted by molar-refractivity contribution is 5.94. The van der Waals surface area contributed by atoms with E-state index in [4.69, 9.17) is 9.84 Å². The molecule has 92 valence electrons. The number of carbonyl (C=O) groups is 2. The third-order valence-corrected chi connectivity index (χ3v) is 2.09. The van der Waals surface area contributed by atoms with Crippen molar-refractivity contribution in [3.8, 4) is 5.75 Å². The molecule has 0 bridgehead atoms. The lowest BCUT2D eigenvalue weighted by Crippen LogP contribution is -2.27. The molecule has 0 spiro atoms. The Bertz CT molecular complexity index is 443. The third kappa shape index (κ3) is 3.10. The monoisotopic (exact) mass is 238 g/mol. The van der Waals surface area contributed by atoms with Crippen molar-refractivity contribution in [1.29, 1.82) is 0 Å². The Morgan fingerprint density at radius 1 is 1.35 bits per heavy atom. The summed E-state index contributed by atoms with van der Waals surface area (Å²) in [7, 11) is 4.59. The number of carbonyl (C=O) groups excluding carboxylic acids is 1. The molecule has 2 amide bonds. The van der Waals surface area contributed by atoms with E-state index in [9.17, 15) is 9.59 Å². The summed E-state index contributed by atoms with van der Waals surface area (Å²) in [6, 6.07) is 4.06. The summed E-state index contributed by atoms with van der Waals surface area (Å²) in [6.07, 6.45) is 0. The first kappa shape index (κ1) is 12.8. The van der Waals surface area contributed by atoms with Crippen molar-refractivity contribution >= 4 is 17.7 Å². The molecule has 0 aliphatic carbocycles. The fourth-order valence-electron chi connectivity index (χ4n) is 1.18. The van der Waals surface area contributed by atoms with Crippen molar-refractivity contribution in [2.24, 2.45) is 0 Å². The number of methoxy groups -OCH3 is 1. The average molecular weight is 238 g/mol. The van der Waals surface area contributed by atoms with Crippen LogP contribution in [0.4, 0.5) is 10.5 Å². The van der Waals surface area contributed by atoms with Gasteiger partial charge in [0.2, 0.25) is 0 Å². The number of ether oxygens (including phenoxy) is 1. The molecular weight excluding hydrogens is 224 g/mol. The number of hydrogen-bond acceptors (Lipinski definition) is 3. The predicted molar refractivity (Wildman–Crippen MR) is 62.7 cm³/mol. The molecule has 0 unspecified atom stereocenters. The Labute approximate surface area is 98.8 Å². The zero-order valence-electron chi connectivity index (χ0n) is 9.85. The first-order valence-corrected chi connectivity index (χ1v) is 4.85. The molecule has 0 heterocycles. The van der Waals surface area contributed by atoms with Gasteiger partial charge in [-0.1, -0.05) is 0 Å². The van der Waals surface area contributed by atoms with E-state index in [0.29, 0.717) is 5.69 Å². The molecule has 0 radical (unpaired) electrons. The van der Waals surface area contributed by atoms with E-state index in [2.05, 4.69) is 5.32 Å². The normalized spacial score (nSPS) is 9.59. The molecule has 0 atom stereocenters. The van der Waals surface area contributed by atoms with Crippen LogP contribution in [0.15, 0.2) is 18.2 Å². The summed E-state index contributed by atoms with van der Waals surface area (Å²) >= 11 is 0. The maximum Gasteiger partial charge on any atom is 0.339 e. The molecule has 0 aliphatic heterocycles. The predicted octanol–water partition coefficient (Wildman–Crippen LogP) is 1.49. The fourth-order valence-corrected chi connectivity index (χ4v) is 1.18. The molecule has 0 aromatic heterocycles. The van der Waals surface area contributed by atoms with Crippen molar-refractivity contribution in [2.75, 3.05) is 26.5 Å². The van der Waals surface area contributed by atoms with Crippen molar-refractivity contribution in [3.05, 3.63) is 23.8 Å². The van der Waals surface area contributed by atoms with Gasteiger partial charge in [-0.2, -0.15) is 0 Å². The van der Waals surface area contributed by atoms with Gasteiger partial charge in [0.1, 0.15) is 11.3 Å². The van der Waals surface area contributed by atoms with Crippen LogP contribution in [0.25, 0.3) is 0 Å². The molecule has 1 rings (SSSR count). The molecule has 6 nitrogen and oxygen atoms in total. The third-order valence-electron chi connectivity index (χ3n) is 2.09. The summed E-state index contributed by atoms with van der Waals surface area (Å²) in [4.78, 5) is 23.6. The largest absolute Gasteiger partial charge is 0.496 e. The molecule has 0 saturated heterocycles. The zero-order chi connectivity index (χ0) is 13.0. The highest BCUT2D eigenvalue weighted by Gasteiger charge is 2.12. The fraction of sp³-hybridized carbons (Fsp3) is 0.273. The van der Waals surface area contributed by atoms with Crippen molar-refractivity contribution < 1.29 is 19.4 Å². The van der Waals surface area contributed by atoms with Crippen LogP contribution in [0, 0.1) is 0 Å². The lowest BCUT2D eigenvalue weighted by molar-refractivity contribution is 0.0693. The number of carboxylic acid groups (broad SMARTS) is 1. The van der Waals surface area contributed by atoms with Crippen LogP contribution in [0.2, 0.25) is 0 Å². The molecule has 2 N–H and O–H groups in total. The van der Waals surface area contributed by atoms with E-state index in [1.165, 1.54) is 30.2 Å². The minimum absolute atomic E-state index is 0.0513. The summed E-state index contributed by atoms with van der Waals surface area (Å²) in [5, 5.41) is 11.5. The number of carboxylic acids is 1. The summed E-state index contributed by atoms with van der Waals surface area (Å²) < 4.78 is 4.94. The number of urea groups is 1. The number of aromatic carboxylic acids is 1. The first-order valence-electron chi connectivity index (χ1n) is 4.85. The van der Waals surface area contributed by atoms with Crippen LogP contribution in [-0.4, -0.2) is 43.2 Å². The van der Waals surface area contributed by atoms with Crippen LogP contribution in [0.1, 0.15) is 10.4 Å². The number of nitrogens with one attached hydrogen (secondary N) is 1. The molecule has 0 aliphatic rings. The van der Waals surface area contributed by atoms with E-state index in [1.54, 1.807) is 14.1 Å². The van der Waals surface area contributed by atoms with Crippen LogP contribution in [0.3, 0.4) is 0 Å². The van der Waals surface area contributed by atoms with Crippen LogP contribution in [0.5, 0.6) is 5.75 Å². The number of hydrogen-bond donors (Lipinski definition) is 2. The zero-order valence-corrected chi connectivity index (χ0v) is 9.85. The molecular formula is C11H14N2O4. The van der Waals surface area contributed by atoms with Gasteiger partial charge >= 0.3 is 12.0 Å². The SMILES string of the molecule is COc1cc(NC(=O)N(C)C)ccc1C(=O)O. The lowest BCUT2D eigenvalue weighted by Gasteiger charge is -2.13. The highest BCUT2D eigenvalue weighted by Crippen LogP contribution is 2.23. The summed E-state index contributed by atoms with van der Waals surface area (Å²) in [5.41, 5.74) is 0.529.